The van der Waals surface area contributed by atoms with Crippen LogP contribution in [-0.4, -0.2) is 21.3 Å². The molecule has 0 saturated carbocycles. The first-order valence-electron chi connectivity index (χ1n) is 6.41. The fraction of sp³-hybridized carbons (Fsp3) is 0.250. The van der Waals surface area contributed by atoms with E-state index in [9.17, 15) is 0 Å². The predicted molar refractivity (Wildman–Crippen MR) is 86.3 cm³/mol. The van der Waals surface area contributed by atoms with Crippen LogP contribution in [0.3, 0.4) is 0 Å². The summed E-state index contributed by atoms with van der Waals surface area (Å²) in [5.74, 6) is 2.21. The lowest BCUT2D eigenvalue weighted by molar-refractivity contribution is 0.390. The smallest absolute Gasteiger partial charge is 0.127 e. The number of rotatable bonds is 5. The Hall–Kier alpha value is -1.72. The van der Waals surface area contributed by atoms with Crippen molar-refractivity contribution in [1.29, 1.82) is 0 Å². The van der Waals surface area contributed by atoms with Crippen LogP contribution >= 0.6 is 15.9 Å². The van der Waals surface area contributed by atoms with Crippen LogP contribution < -0.4 is 19.9 Å². The lowest BCUT2D eigenvalue weighted by atomic mass is 9.98. The average Bonchev–Trinajstić information content (AvgIpc) is 2.53. The van der Waals surface area contributed by atoms with Gasteiger partial charge in [-0.2, -0.15) is 0 Å². The lowest BCUT2D eigenvalue weighted by Gasteiger charge is -2.18. The van der Waals surface area contributed by atoms with Crippen molar-refractivity contribution in [3.05, 3.63) is 52.0 Å². The standard InChI is InChI=1S/C16H18BrNO3/c1-19-10-4-6-12(14(17)8-10)16(18)13-7-5-11(20-2)9-15(13)21-3/h4-9,16H,18H2,1-3H3. The van der Waals surface area contributed by atoms with E-state index >= 15 is 0 Å². The first kappa shape index (κ1) is 15.7. The van der Waals surface area contributed by atoms with Crippen LogP contribution in [0.2, 0.25) is 0 Å². The van der Waals surface area contributed by atoms with E-state index in [-0.39, 0.29) is 6.04 Å². The molecular formula is C16H18BrNO3. The minimum atomic E-state index is -0.314. The van der Waals surface area contributed by atoms with E-state index in [2.05, 4.69) is 15.9 Å². The molecule has 5 heteroatoms. The number of ether oxygens (including phenoxy) is 3. The molecule has 0 spiro atoms. The van der Waals surface area contributed by atoms with Crippen molar-refractivity contribution in [3.63, 3.8) is 0 Å². The molecule has 0 heterocycles. The van der Waals surface area contributed by atoms with Gasteiger partial charge in [0.1, 0.15) is 17.2 Å². The van der Waals surface area contributed by atoms with Gasteiger partial charge in [0.25, 0.3) is 0 Å². The molecule has 4 nitrogen and oxygen atoms in total. The first-order chi connectivity index (χ1) is 10.1. The van der Waals surface area contributed by atoms with Crippen molar-refractivity contribution < 1.29 is 14.2 Å². The summed E-state index contributed by atoms with van der Waals surface area (Å²) < 4.78 is 16.7. The molecular weight excluding hydrogens is 334 g/mol. The fourth-order valence-electron chi connectivity index (χ4n) is 2.13. The van der Waals surface area contributed by atoms with Crippen molar-refractivity contribution in [2.45, 2.75) is 6.04 Å². The van der Waals surface area contributed by atoms with Crippen LogP contribution in [0.25, 0.3) is 0 Å². The summed E-state index contributed by atoms with van der Waals surface area (Å²) in [5, 5.41) is 0. The number of hydrogen-bond donors (Lipinski definition) is 1. The molecule has 2 aromatic carbocycles. The van der Waals surface area contributed by atoms with E-state index < -0.39 is 0 Å². The van der Waals surface area contributed by atoms with Gasteiger partial charge in [-0.15, -0.1) is 0 Å². The number of benzene rings is 2. The highest BCUT2D eigenvalue weighted by Crippen LogP contribution is 2.35. The van der Waals surface area contributed by atoms with Crippen LogP contribution in [0, 0.1) is 0 Å². The second-order valence-corrected chi connectivity index (χ2v) is 5.33. The Balaban J connectivity index is 2.42. The summed E-state index contributed by atoms with van der Waals surface area (Å²) in [6, 6.07) is 11.0. The second-order valence-electron chi connectivity index (χ2n) is 4.47. The first-order valence-corrected chi connectivity index (χ1v) is 7.21. The summed E-state index contributed by atoms with van der Waals surface area (Å²) >= 11 is 3.53. The molecule has 0 saturated heterocycles. The van der Waals surface area contributed by atoms with Gasteiger partial charge in [-0.3, -0.25) is 0 Å². The van der Waals surface area contributed by atoms with Gasteiger partial charge in [-0.1, -0.05) is 22.0 Å². The van der Waals surface area contributed by atoms with Crippen molar-refractivity contribution in [2.24, 2.45) is 5.73 Å². The largest absolute Gasteiger partial charge is 0.497 e. The summed E-state index contributed by atoms with van der Waals surface area (Å²) in [5.41, 5.74) is 8.24. The monoisotopic (exact) mass is 351 g/mol. The second kappa shape index (κ2) is 6.83. The average molecular weight is 352 g/mol. The zero-order valence-electron chi connectivity index (χ0n) is 12.2. The number of nitrogens with two attached hydrogens (primary N) is 1. The molecule has 0 fully saturated rings. The molecule has 21 heavy (non-hydrogen) atoms. The van der Waals surface area contributed by atoms with Crippen LogP contribution in [-0.2, 0) is 0 Å². The quantitative estimate of drug-likeness (QED) is 0.895. The van der Waals surface area contributed by atoms with Crippen LogP contribution in [0.4, 0.5) is 0 Å². The van der Waals surface area contributed by atoms with Gasteiger partial charge >= 0.3 is 0 Å². The van der Waals surface area contributed by atoms with Crippen molar-refractivity contribution >= 4 is 15.9 Å². The van der Waals surface area contributed by atoms with E-state index in [1.807, 2.05) is 36.4 Å². The summed E-state index contributed by atoms with van der Waals surface area (Å²) in [6.07, 6.45) is 0. The van der Waals surface area contributed by atoms with Gasteiger partial charge in [0.05, 0.1) is 27.4 Å². The Morgan fingerprint density at radius 2 is 1.43 bits per heavy atom. The highest BCUT2D eigenvalue weighted by molar-refractivity contribution is 9.10. The minimum absolute atomic E-state index is 0.314. The van der Waals surface area contributed by atoms with Gasteiger partial charge in [-0.05, 0) is 29.8 Å². The lowest BCUT2D eigenvalue weighted by Crippen LogP contribution is -2.13. The molecule has 0 aliphatic carbocycles. The van der Waals surface area contributed by atoms with Gasteiger partial charge in [-0.25, -0.2) is 0 Å². The van der Waals surface area contributed by atoms with E-state index in [4.69, 9.17) is 19.9 Å². The van der Waals surface area contributed by atoms with Crippen molar-refractivity contribution in [2.75, 3.05) is 21.3 Å². The molecule has 1 atom stereocenters. The van der Waals surface area contributed by atoms with E-state index in [0.717, 1.165) is 27.1 Å². The molecule has 0 radical (unpaired) electrons. The topological polar surface area (TPSA) is 53.7 Å². The SMILES string of the molecule is COc1ccc(C(N)c2ccc(OC)cc2OC)c(Br)c1. The maximum absolute atomic E-state index is 6.38. The number of halogens is 1. The van der Waals surface area contributed by atoms with E-state index in [0.29, 0.717) is 5.75 Å². The summed E-state index contributed by atoms with van der Waals surface area (Å²) in [4.78, 5) is 0. The van der Waals surface area contributed by atoms with Crippen LogP contribution in [0.1, 0.15) is 17.2 Å². The van der Waals surface area contributed by atoms with Crippen LogP contribution in [0.5, 0.6) is 17.2 Å². The van der Waals surface area contributed by atoms with Crippen molar-refractivity contribution in [1.82, 2.24) is 0 Å². The number of hydrogen-bond acceptors (Lipinski definition) is 4. The molecule has 0 aliphatic rings. The molecule has 0 bridgehead atoms. The van der Waals surface area contributed by atoms with Crippen molar-refractivity contribution in [3.8, 4) is 17.2 Å². The van der Waals surface area contributed by atoms with Gasteiger partial charge in [0, 0.05) is 16.1 Å². The molecule has 0 amide bonds. The van der Waals surface area contributed by atoms with E-state index in [1.165, 1.54) is 0 Å². The maximum atomic E-state index is 6.38. The normalized spacial score (nSPS) is 11.9. The zero-order valence-corrected chi connectivity index (χ0v) is 13.8. The Bertz CT molecular complexity index is 631. The summed E-state index contributed by atoms with van der Waals surface area (Å²) in [7, 11) is 4.87. The Kier molecular flexibility index (Phi) is 5.09. The number of methoxy groups -OCH3 is 3. The van der Waals surface area contributed by atoms with Gasteiger partial charge < -0.3 is 19.9 Å². The van der Waals surface area contributed by atoms with Crippen LogP contribution in [0.15, 0.2) is 40.9 Å². The minimum Gasteiger partial charge on any atom is -0.497 e. The fourth-order valence-corrected chi connectivity index (χ4v) is 2.73. The third kappa shape index (κ3) is 3.31. The molecule has 0 aromatic heterocycles. The third-order valence-corrected chi connectivity index (χ3v) is 4.01. The van der Waals surface area contributed by atoms with Gasteiger partial charge in [0.15, 0.2) is 0 Å². The third-order valence-electron chi connectivity index (χ3n) is 3.32. The summed E-state index contributed by atoms with van der Waals surface area (Å²) in [6.45, 7) is 0. The molecule has 2 N–H and O–H groups in total. The molecule has 2 rings (SSSR count). The maximum Gasteiger partial charge on any atom is 0.127 e. The molecule has 2 aromatic rings. The Morgan fingerprint density at radius 3 is 1.95 bits per heavy atom. The predicted octanol–water partition coefficient (Wildman–Crippen LogP) is 3.52. The Labute approximate surface area is 132 Å². The molecule has 0 aliphatic heterocycles. The van der Waals surface area contributed by atoms with Gasteiger partial charge in [0.2, 0.25) is 0 Å². The zero-order chi connectivity index (χ0) is 15.4. The van der Waals surface area contributed by atoms with E-state index in [1.54, 1.807) is 21.3 Å². The molecule has 112 valence electrons. The molecule has 1 unspecified atom stereocenters. The highest BCUT2D eigenvalue weighted by Gasteiger charge is 2.17. The Morgan fingerprint density at radius 1 is 0.857 bits per heavy atom. The highest BCUT2D eigenvalue weighted by atomic mass is 79.9.